The zero-order chi connectivity index (χ0) is 23.2. The lowest BCUT2D eigenvalue weighted by atomic mass is 10.2. The summed E-state index contributed by atoms with van der Waals surface area (Å²) in [7, 11) is -1.36. The maximum atomic E-state index is 13.6. The molecule has 1 N–H and O–H groups in total. The van der Waals surface area contributed by atoms with Gasteiger partial charge in [0.2, 0.25) is 0 Å². The van der Waals surface area contributed by atoms with E-state index in [2.05, 4.69) is 30.1 Å². The topological polar surface area (TPSA) is 91.7 Å². The molecular weight excluding hydrogens is 435 g/mol. The van der Waals surface area contributed by atoms with Gasteiger partial charge in [-0.05, 0) is 19.4 Å². The number of carbonyl (C=O) groups is 1. The molecule has 0 aliphatic heterocycles. The van der Waals surface area contributed by atoms with Crippen LogP contribution in [0.1, 0.15) is 18.9 Å². The number of hydrogen-bond donors (Lipinski definition) is 1. The van der Waals surface area contributed by atoms with Gasteiger partial charge in [-0.3, -0.25) is 4.79 Å². The van der Waals surface area contributed by atoms with Gasteiger partial charge in [-0.25, -0.2) is 9.48 Å². The molecule has 31 heavy (non-hydrogen) atoms. The fourth-order valence-electron chi connectivity index (χ4n) is 2.80. The second-order valence-electron chi connectivity index (χ2n) is 8.65. The fraction of sp³-hybridized carbons (Fsp3) is 0.737. The number of alkyl halides is 3. The van der Waals surface area contributed by atoms with E-state index < -0.39 is 31.3 Å². The molecule has 0 aromatic carbocycles. The predicted octanol–water partition coefficient (Wildman–Crippen LogP) is 2.95. The third-order valence-electron chi connectivity index (χ3n) is 4.66. The number of nitrogens with one attached hydrogen (secondary N) is 1. The van der Waals surface area contributed by atoms with Crippen molar-refractivity contribution in [3.63, 3.8) is 0 Å². The normalized spacial score (nSPS) is 18.7. The highest BCUT2D eigenvalue weighted by Gasteiger charge is 2.42. The maximum absolute atomic E-state index is 13.6. The number of rotatable bonds is 12. The van der Waals surface area contributed by atoms with Crippen LogP contribution in [0, 0.1) is 5.92 Å². The highest BCUT2D eigenvalue weighted by Crippen LogP contribution is 2.37. The van der Waals surface area contributed by atoms with Crippen molar-refractivity contribution in [3.05, 3.63) is 22.1 Å². The van der Waals surface area contributed by atoms with Gasteiger partial charge in [0, 0.05) is 26.6 Å². The summed E-state index contributed by atoms with van der Waals surface area (Å²) in [4.78, 5) is 23.7. The van der Waals surface area contributed by atoms with E-state index in [4.69, 9.17) is 14.2 Å². The van der Waals surface area contributed by atoms with Gasteiger partial charge in [0.1, 0.15) is 18.9 Å². The first-order chi connectivity index (χ1) is 14.4. The molecule has 1 aromatic heterocycles. The van der Waals surface area contributed by atoms with Crippen LogP contribution in [0.3, 0.4) is 0 Å². The van der Waals surface area contributed by atoms with Crippen LogP contribution in [0.15, 0.2) is 11.0 Å². The van der Waals surface area contributed by atoms with Crippen LogP contribution in [-0.4, -0.2) is 56.3 Å². The van der Waals surface area contributed by atoms with E-state index in [-0.39, 0.29) is 44.2 Å². The first kappa shape index (κ1) is 25.3. The molecule has 1 aliphatic carbocycles. The molecule has 176 valence electrons. The molecule has 1 heterocycles. The van der Waals surface area contributed by atoms with E-state index in [1.807, 2.05) is 0 Å². The Morgan fingerprint density at radius 3 is 2.65 bits per heavy atom. The van der Waals surface area contributed by atoms with Gasteiger partial charge in [0.05, 0.1) is 25.1 Å². The van der Waals surface area contributed by atoms with E-state index >= 15 is 0 Å². The summed E-state index contributed by atoms with van der Waals surface area (Å²) in [5, 5.41) is 6.57. The highest BCUT2D eigenvalue weighted by molar-refractivity contribution is 6.76. The number of anilines is 1. The van der Waals surface area contributed by atoms with E-state index in [1.54, 1.807) is 6.92 Å². The van der Waals surface area contributed by atoms with Crippen LogP contribution in [0.5, 0.6) is 0 Å². The van der Waals surface area contributed by atoms with Gasteiger partial charge in [0.15, 0.2) is 0 Å². The Labute approximate surface area is 180 Å². The Morgan fingerprint density at radius 2 is 2.03 bits per heavy atom. The summed E-state index contributed by atoms with van der Waals surface area (Å²) < 4.78 is 56.7. The van der Waals surface area contributed by atoms with E-state index in [1.165, 1.54) is 0 Å². The summed E-state index contributed by atoms with van der Waals surface area (Å²) in [6.45, 7) is 8.40. The minimum atomic E-state index is -4.84. The lowest BCUT2D eigenvalue weighted by molar-refractivity contribution is -0.148. The van der Waals surface area contributed by atoms with Crippen molar-refractivity contribution in [1.29, 1.82) is 0 Å². The minimum absolute atomic E-state index is 0.0668. The Kier molecular flexibility index (Phi) is 8.66. The Balaban J connectivity index is 1.97. The van der Waals surface area contributed by atoms with E-state index in [0.717, 1.165) is 12.2 Å². The monoisotopic (exact) mass is 465 g/mol. The summed E-state index contributed by atoms with van der Waals surface area (Å²) >= 11 is 0. The van der Waals surface area contributed by atoms with Crippen molar-refractivity contribution >= 4 is 19.7 Å². The first-order valence-electron chi connectivity index (χ1n) is 10.2. The molecule has 1 saturated carbocycles. The SMILES string of the molecule is CCOC(=O)COC[C@@H]1C[C@H]1Nc1cnn(COCC[Si](C)(C)C)c(=O)c1C(F)(F)F. The molecule has 12 heteroatoms. The number of carbonyl (C=O) groups excluding carboxylic acids is 1. The van der Waals surface area contributed by atoms with Crippen molar-refractivity contribution in [2.45, 2.75) is 58.0 Å². The van der Waals surface area contributed by atoms with Crippen LogP contribution >= 0.6 is 0 Å². The molecule has 0 unspecified atom stereocenters. The van der Waals surface area contributed by atoms with E-state index in [9.17, 15) is 22.8 Å². The molecular formula is C19H30F3N3O5Si. The third kappa shape index (κ3) is 8.26. The van der Waals surface area contributed by atoms with Crippen molar-refractivity contribution < 1.29 is 32.2 Å². The standard InChI is InChI=1S/C19H30F3N3O5Si/c1-5-30-16(26)11-29-10-13-8-14(13)24-15-9-23-25(12-28-6-7-31(2,3)4)18(27)17(15)19(20,21)22/h9,13-14,24H,5-8,10-12H2,1-4H3/t13-,14+/m0/s1. The second kappa shape index (κ2) is 10.6. The number of hydrogen-bond acceptors (Lipinski definition) is 7. The van der Waals surface area contributed by atoms with Gasteiger partial charge < -0.3 is 19.5 Å². The maximum Gasteiger partial charge on any atom is 0.423 e. The molecule has 1 aliphatic rings. The lowest BCUT2D eigenvalue weighted by Gasteiger charge is -2.17. The molecule has 0 bridgehead atoms. The smallest absolute Gasteiger partial charge is 0.423 e. The number of esters is 1. The minimum Gasteiger partial charge on any atom is -0.464 e. The molecule has 2 atom stereocenters. The first-order valence-corrected chi connectivity index (χ1v) is 13.9. The molecule has 2 rings (SSSR count). The van der Waals surface area contributed by atoms with Crippen LogP contribution in [0.4, 0.5) is 18.9 Å². The summed E-state index contributed by atoms with van der Waals surface area (Å²) in [6.07, 6.45) is -3.28. The molecule has 1 aromatic rings. The van der Waals surface area contributed by atoms with E-state index in [0.29, 0.717) is 17.7 Å². The van der Waals surface area contributed by atoms with Crippen molar-refractivity contribution in [3.8, 4) is 0 Å². The number of nitrogens with zero attached hydrogens (tertiary/aromatic N) is 2. The molecule has 0 saturated heterocycles. The van der Waals surface area contributed by atoms with Crippen LogP contribution in [0.25, 0.3) is 0 Å². The Morgan fingerprint density at radius 1 is 1.32 bits per heavy atom. The van der Waals surface area contributed by atoms with Crippen molar-refractivity contribution in [2.24, 2.45) is 5.92 Å². The van der Waals surface area contributed by atoms with Gasteiger partial charge in [-0.2, -0.15) is 18.3 Å². The van der Waals surface area contributed by atoms with Crippen LogP contribution in [0.2, 0.25) is 25.7 Å². The molecule has 1 fully saturated rings. The van der Waals surface area contributed by atoms with Gasteiger partial charge >= 0.3 is 12.1 Å². The van der Waals surface area contributed by atoms with Crippen molar-refractivity contribution in [2.75, 3.05) is 31.7 Å². The van der Waals surface area contributed by atoms with Crippen LogP contribution < -0.4 is 10.9 Å². The third-order valence-corrected chi connectivity index (χ3v) is 6.36. The van der Waals surface area contributed by atoms with Gasteiger partial charge in [-0.15, -0.1) is 0 Å². The average Bonchev–Trinajstić information content (AvgIpc) is 3.36. The molecule has 0 amide bonds. The second-order valence-corrected chi connectivity index (χ2v) is 14.3. The lowest BCUT2D eigenvalue weighted by Crippen LogP contribution is -2.33. The number of ether oxygens (including phenoxy) is 3. The Bertz CT molecular complexity index is 810. The quantitative estimate of drug-likeness (QED) is 0.288. The summed E-state index contributed by atoms with van der Waals surface area (Å²) in [5.74, 6) is -0.560. The zero-order valence-corrected chi connectivity index (χ0v) is 19.3. The Hall–Kier alpha value is -1.92. The zero-order valence-electron chi connectivity index (χ0n) is 18.3. The molecule has 8 nitrogen and oxygen atoms in total. The average molecular weight is 466 g/mol. The van der Waals surface area contributed by atoms with Gasteiger partial charge in [-0.1, -0.05) is 19.6 Å². The van der Waals surface area contributed by atoms with Gasteiger partial charge in [0.25, 0.3) is 5.56 Å². The van der Waals surface area contributed by atoms with Crippen LogP contribution in [-0.2, 0) is 31.9 Å². The summed E-state index contributed by atoms with van der Waals surface area (Å²) in [5.41, 5.74) is -2.91. The largest absolute Gasteiger partial charge is 0.464 e. The highest BCUT2D eigenvalue weighted by atomic mass is 28.3. The van der Waals surface area contributed by atoms with Crippen molar-refractivity contribution in [1.82, 2.24) is 9.78 Å². The molecule has 0 spiro atoms. The predicted molar refractivity (Wildman–Crippen MR) is 111 cm³/mol. The fourth-order valence-corrected chi connectivity index (χ4v) is 3.55. The number of aromatic nitrogens is 2. The number of halogens is 3. The summed E-state index contributed by atoms with van der Waals surface area (Å²) in [6, 6.07) is 0.530. The molecule has 0 radical (unpaired) electrons.